The van der Waals surface area contributed by atoms with Gasteiger partial charge < -0.3 is 14.8 Å². The van der Waals surface area contributed by atoms with Gasteiger partial charge in [-0.05, 0) is 60.4 Å². The average Bonchev–Trinajstić information content (AvgIpc) is 3.73. The molecule has 3 unspecified atom stereocenters. The highest BCUT2D eigenvalue weighted by atomic mass is 35.5. The van der Waals surface area contributed by atoms with E-state index in [1.54, 1.807) is 13.3 Å². The number of amides is 1. The van der Waals surface area contributed by atoms with Crippen LogP contribution >= 0.6 is 23.5 Å². The molecule has 0 radical (unpaired) electrons. The number of fused-ring (bicyclic) bond motifs is 5. The maximum absolute atomic E-state index is 15.5. The normalized spacial score (nSPS) is 16.8. The molecule has 7 aromatic rings. The lowest BCUT2D eigenvalue weighted by atomic mass is 10.0. The van der Waals surface area contributed by atoms with Gasteiger partial charge in [-0.1, -0.05) is 35.7 Å². The Hall–Kier alpha value is -6.15. The zero-order chi connectivity index (χ0) is 43.1. The molecule has 2 aliphatic carbocycles. The summed E-state index contributed by atoms with van der Waals surface area (Å²) >= 11 is 7.91. The van der Waals surface area contributed by atoms with Crippen molar-refractivity contribution in [2.45, 2.75) is 43.7 Å². The van der Waals surface area contributed by atoms with E-state index in [2.05, 4.69) is 25.2 Å². The first kappa shape index (κ1) is 40.3. The Bertz CT molecular complexity index is 2980. The molecule has 21 heteroatoms. The Morgan fingerprint density at radius 3 is 2.51 bits per heavy atom. The summed E-state index contributed by atoms with van der Waals surface area (Å²) in [5.41, 5.74) is -2.56. The number of nitrogens with zero attached hydrogens (tertiary/aromatic N) is 7. The first-order chi connectivity index (χ1) is 29.1. The third-order valence-corrected chi connectivity index (χ3v) is 11.3. The van der Waals surface area contributed by atoms with E-state index in [1.165, 1.54) is 59.1 Å². The topological polar surface area (TPSA) is 134 Å². The highest BCUT2D eigenvalue weighted by Gasteiger charge is 2.67. The second-order valence-corrected chi connectivity index (χ2v) is 15.5. The maximum atomic E-state index is 15.5. The standard InChI is InChI=1S/C40H29ClF7N9O3S/c1-55-33-26(9-8-23(41)31(33)37(53-55)54-61-2)57-38(51-36-20(39(57)59)7-10-29(50-36)60-27-6-4-3-5-24(27)44)25(13-17-11-18(42)14-19(43)12-17)49-28(58)16-56-34-30(32(52-56)35(45)46)21-15-22(21)40(34,47)48/h3-12,14,21-22,25,35H,13,15-16H2,1-2H3,(H,49,58)(H,53,54). The Morgan fingerprint density at radius 1 is 1.03 bits per heavy atom. The number of benzene rings is 3. The zero-order valence-corrected chi connectivity index (χ0v) is 33.1. The van der Waals surface area contributed by atoms with Gasteiger partial charge in [-0.15, -0.1) is 0 Å². The molecule has 4 aromatic heterocycles. The van der Waals surface area contributed by atoms with Crippen LogP contribution in [0.5, 0.6) is 11.6 Å². The van der Waals surface area contributed by atoms with Crippen molar-refractivity contribution >= 4 is 57.2 Å². The third-order valence-electron chi connectivity index (χ3n) is 10.6. The fraction of sp³-hybridized carbons (Fsp3) is 0.250. The molecule has 0 bridgehead atoms. The number of para-hydroxylation sites is 1. The smallest absolute Gasteiger partial charge is 0.293 e. The number of carbonyl (C=O) groups excluding carboxylic acids is 1. The number of carbonyl (C=O) groups is 1. The molecule has 1 amide bonds. The Kier molecular flexibility index (Phi) is 9.96. The number of halogens is 8. The van der Waals surface area contributed by atoms with Gasteiger partial charge in [0.15, 0.2) is 23.0 Å². The van der Waals surface area contributed by atoms with Crippen LogP contribution in [0.15, 0.2) is 71.5 Å². The maximum Gasteiger partial charge on any atom is 0.293 e. The highest BCUT2D eigenvalue weighted by molar-refractivity contribution is 7.99. The molecule has 1 saturated carbocycles. The number of pyridine rings is 1. The number of hydrogen-bond donors (Lipinski definition) is 2. The SMILES string of the molecule is CSNc1nn(C)c2c(-n3c(C(Cc4cc(F)cc(F)c4)NC(=O)Cn4nc(C(F)F)c5c4C(F)(F)C4CC54)nc4nc(Oc5ccccc5F)ccc4c3=O)ccc(Cl)c12. The quantitative estimate of drug-likeness (QED) is 0.0914. The van der Waals surface area contributed by atoms with Crippen LogP contribution in [0.4, 0.5) is 36.6 Å². The van der Waals surface area contributed by atoms with Crippen molar-refractivity contribution in [1.82, 2.24) is 39.4 Å². The van der Waals surface area contributed by atoms with E-state index in [-0.39, 0.29) is 56.7 Å². The van der Waals surface area contributed by atoms with Gasteiger partial charge >= 0.3 is 0 Å². The largest absolute Gasteiger partial charge is 0.436 e. The molecular formula is C40H29ClF7N9O3S. The highest BCUT2D eigenvalue weighted by Crippen LogP contribution is 2.68. The minimum absolute atomic E-state index is 0.000411. The molecule has 0 spiro atoms. The number of ether oxygens (including phenoxy) is 1. The van der Waals surface area contributed by atoms with Crippen LogP contribution in [0, 0.1) is 23.4 Å². The van der Waals surface area contributed by atoms with Crippen molar-refractivity contribution in [2.24, 2.45) is 13.0 Å². The second kappa shape index (κ2) is 15.1. The van der Waals surface area contributed by atoms with Crippen molar-refractivity contribution in [3.8, 4) is 17.3 Å². The molecule has 61 heavy (non-hydrogen) atoms. The number of hydrogen-bond acceptors (Lipinski definition) is 9. The molecule has 1 fully saturated rings. The molecule has 2 aliphatic rings. The van der Waals surface area contributed by atoms with Gasteiger partial charge in [-0.2, -0.15) is 24.0 Å². The van der Waals surface area contributed by atoms with E-state index in [1.807, 2.05) is 0 Å². The summed E-state index contributed by atoms with van der Waals surface area (Å²) in [6.45, 7) is -0.981. The Morgan fingerprint density at radius 2 is 1.79 bits per heavy atom. The van der Waals surface area contributed by atoms with Crippen molar-refractivity contribution in [2.75, 3.05) is 11.0 Å². The number of aromatic nitrogens is 7. The molecule has 3 aromatic carbocycles. The summed E-state index contributed by atoms with van der Waals surface area (Å²) in [6, 6.07) is 12.2. The molecule has 314 valence electrons. The number of rotatable bonds is 12. The van der Waals surface area contributed by atoms with Crippen molar-refractivity contribution in [1.29, 1.82) is 0 Å². The summed E-state index contributed by atoms with van der Waals surface area (Å²) in [5, 5.41) is 11.4. The number of nitrogens with one attached hydrogen (secondary N) is 2. The van der Waals surface area contributed by atoms with E-state index < -0.39 is 83.5 Å². The lowest BCUT2D eigenvalue weighted by molar-refractivity contribution is -0.123. The van der Waals surface area contributed by atoms with Crippen LogP contribution in [0.25, 0.3) is 27.6 Å². The number of aryl methyl sites for hydroxylation is 1. The summed E-state index contributed by atoms with van der Waals surface area (Å²) in [4.78, 5) is 38.1. The van der Waals surface area contributed by atoms with Crippen LogP contribution in [0.3, 0.4) is 0 Å². The van der Waals surface area contributed by atoms with Gasteiger partial charge in [0.25, 0.3) is 17.9 Å². The van der Waals surface area contributed by atoms with E-state index in [0.29, 0.717) is 27.5 Å². The van der Waals surface area contributed by atoms with Gasteiger partial charge in [0, 0.05) is 43.3 Å². The molecule has 2 N–H and O–H groups in total. The molecule has 12 nitrogen and oxygen atoms in total. The Balaban J connectivity index is 1.23. The predicted octanol–water partition coefficient (Wildman–Crippen LogP) is 8.66. The van der Waals surface area contributed by atoms with Crippen LogP contribution in [-0.2, 0) is 30.7 Å². The van der Waals surface area contributed by atoms with Gasteiger partial charge in [0.05, 0.1) is 33.0 Å². The fourth-order valence-corrected chi connectivity index (χ4v) is 8.64. The first-order valence-electron chi connectivity index (χ1n) is 18.5. The van der Waals surface area contributed by atoms with Crippen LogP contribution < -0.4 is 20.3 Å². The van der Waals surface area contributed by atoms with E-state index in [4.69, 9.17) is 21.3 Å². The monoisotopic (exact) mass is 883 g/mol. The van der Waals surface area contributed by atoms with Crippen LogP contribution in [0.1, 0.15) is 53.1 Å². The second-order valence-electron chi connectivity index (χ2n) is 14.5. The molecule has 3 atom stereocenters. The van der Waals surface area contributed by atoms with Crippen LogP contribution in [0.2, 0.25) is 5.02 Å². The van der Waals surface area contributed by atoms with Gasteiger partial charge in [0.1, 0.15) is 35.4 Å². The molecule has 0 saturated heterocycles. The van der Waals surface area contributed by atoms with E-state index >= 15 is 8.78 Å². The number of anilines is 1. The Labute approximate surface area is 348 Å². The third kappa shape index (κ3) is 7.00. The van der Waals surface area contributed by atoms with Gasteiger partial charge in [-0.3, -0.25) is 23.5 Å². The van der Waals surface area contributed by atoms with E-state index in [0.717, 1.165) is 22.8 Å². The summed E-state index contributed by atoms with van der Waals surface area (Å²) in [6.07, 6.45) is -1.91. The zero-order valence-electron chi connectivity index (χ0n) is 31.6. The molecular weight excluding hydrogens is 855 g/mol. The minimum atomic E-state index is -3.54. The minimum Gasteiger partial charge on any atom is -0.436 e. The lowest BCUT2D eigenvalue weighted by Gasteiger charge is -2.24. The fourth-order valence-electron chi connectivity index (χ4n) is 8.06. The molecule has 4 heterocycles. The van der Waals surface area contributed by atoms with Gasteiger partial charge in [-0.25, -0.2) is 26.9 Å². The van der Waals surface area contributed by atoms with Crippen LogP contribution in [-0.4, -0.2) is 46.3 Å². The predicted molar refractivity (Wildman–Crippen MR) is 211 cm³/mol. The molecule has 9 rings (SSSR count). The van der Waals surface area contributed by atoms with Crippen molar-refractivity contribution < 1.29 is 40.3 Å². The summed E-state index contributed by atoms with van der Waals surface area (Å²) in [5.74, 6) is -9.62. The number of alkyl halides is 4. The average molecular weight is 884 g/mol. The summed E-state index contributed by atoms with van der Waals surface area (Å²) < 4.78 is 115. The lowest BCUT2D eigenvalue weighted by Crippen LogP contribution is -2.38. The summed E-state index contributed by atoms with van der Waals surface area (Å²) in [7, 11) is 1.59. The van der Waals surface area contributed by atoms with E-state index in [9.17, 15) is 31.5 Å². The van der Waals surface area contributed by atoms with Crippen molar-refractivity contribution in [3.63, 3.8) is 0 Å². The first-order valence-corrected chi connectivity index (χ1v) is 20.1. The van der Waals surface area contributed by atoms with Crippen molar-refractivity contribution in [3.05, 3.63) is 128 Å². The van der Waals surface area contributed by atoms with Gasteiger partial charge in [0.2, 0.25) is 11.8 Å². The molecule has 0 aliphatic heterocycles.